The van der Waals surface area contributed by atoms with Crippen molar-refractivity contribution in [1.82, 2.24) is 0 Å². The number of non-ortho nitro benzene ring substituents is 1. The van der Waals surface area contributed by atoms with E-state index in [-0.39, 0.29) is 11.6 Å². The Morgan fingerprint density at radius 3 is 2.69 bits per heavy atom. The lowest BCUT2D eigenvalue weighted by Gasteiger charge is -2.11. The van der Waals surface area contributed by atoms with Crippen molar-refractivity contribution in [2.75, 3.05) is 5.01 Å². The van der Waals surface area contributed by atoms with Gasteiger partial charge in [-0.3, -0.25) is 14.9 Å². The number of amides is 1. The fraction of sp³-hybridized carbons (Fsp3) is 0.0476. The standard InChI is InChI=1S/C21H14BrN3O4/c1-13-19(21(26)24(23-13)16-6-3-5-15(22)11-16)12-18-8-9-20(29-18)14-4-2-7-17(10-14)25(27)28/h2-12H,1H3/b19-12+. The van der Waals surface area contributed by atoms with Gasteiger partial charge in [-0.2, -0.15) is 10.1 Å². The van der Waals surface area contributed by atoms with Crippen LogP contribution in [0, 0.1) is 10.1 Å². The highest BCUT2D eigenvalue weighted by Gasteiger charge is 2.29. The molecule has 29 heavy (non-hydrogen) atoms. The Labute approximate surface area is 174 Å². The molecule has 1 aliphatic rings. The zero-order chi connectivity index (χ0) is 20.5. The summed E-state index contributed by atoms with van der Waals surface area (Å²) in [7, 11) is 0. The molecule has 7 nitrogen and oxygen atoms in total. The van der Waals surface area contributed by atoms with Crippen LogP contribution in [0.1, 0.15) is 12.7 Å². The van der Waals surface area contributed by atoms with E-state index in [4.69, 9.17) is 4.42 Å². The van der Waals surface area contributed by atoms with E-state index in [9.17, 15) is 14.9 Å². The van der Waals surface area contributed by atoms with Crippen LogP contribution in [0.25, 0.3) is 17.4 Å². The number of halogens is 1. The van der Waals surface area contributed by atoms with Gasteiger partial charge in [-0.05, 0) is 43.3 Å². The second-order valence-corrected chi connectivity index (χ2v) is 7.27. The minimum absolute atomic E-state index is 0.0163. The molecule has 1 amide bonds. The van der Waals surface area contributed by atoms with E-state index < -0.39 is 4.92 Å². The van der Waals surface area contributed by atoms with Crippen molar-refractivity contribution in [2.24, 2.45) is 5.10 Å². The van der Waals surface area contributed by atoms with Crippen LogP contribution in [-0.2, 0) is 4.79 Å². The minimum Gasteiger partial charge on any atom is -0.457 e. The largest absolute Gasteiger partial charge is 0.457 e. The lowest BCUT2D eigenvalue weighted by Crippen LogP contribution is -2.21. The Balaban J connectivity index is 1.62. The molecule has 4 rings (SSSR count). The highest BCUT2D eigenvalue weighted by atomic mass is 79.9. The predicted octanol–water partition coefficient (Wildman–Crippen LogP) is 5.42. The number of furan rings is 1. The molecule has 2 heterocycles. The van der Waals surface area contributed by atoms with Crippen LogP contribution in [0.4, 0.5) is 11.4 Å². The minimum atomic E-state index is -0.455. The molecular weight excluding hydrogens is 438 g/mol. The summed E-state index contributed by atoms with van der Waals surface area (Å²) in [5.41, 5.74) is 2.22. The smallest absolute Gasteiger partial charge is 0.280 e. The summed E-state index contributed by atoms with van der Waals surface area (Å²) in [5, 5.41) is 16.7. The maximum absolute atomic E-state index is 12.8. The SMILES string of the molecule is CC1=NN(c2cccc(Br)c2)C(=O)/C1=C/c1ccc(-c2cccc([N+](=O)[O-])c2)o1. The van der Waals surface area contributed by atoms with Gasteiger partial charge < -0.3 is 4.42 Å². The summed E-state index contributed by atoms with van der Waals surface area (Å²) >= 11 is 3.39. The Bertz CT molecular complexity index is 1200. The third-order valence-electron chi connectivity index (χ3n) is 4.37. The average Bonchev–Trinajstić information content (AvgIpc) is 3.28. The van der Waals surface area contributed by atoms with Gasteiger partial charge in [0.05, 0.1) is 21.9 Å². The van der Waals surface area contributed by atoms with Crippen molar-refractivity contribution < 1.29 is 14.1 Å². The first-order valence-corrected chi connectivity index (χ1v) is 9.43. The molecule has 0 bridgehead atoms. The first-order chi connectivity index (χ1) is 13.9. The number of benzene rings is 2. The number of hydrazone groups is 1. The summed E-state index contributed by atoms with van der Waals surface area (Å²) in [6, 6.07) is 16.9. The highest BCUT2D eigenvalue weighted by Crippen LogP contribution is 2.29. The first kappa shape index (κ1) is 18.8. The molecule has 2 aromatic carbocycles. The van der Waals surface area contributed by atoms with Crippen molar-refractivity contribution in [3.05, 3.63) is 86.6 Å². The Hall–Kier alpha value is -3.52. The molecule has 0 fully saturated rings. The van der Waals surface area contributed by atoms with Gasteiger partial charge in [0, 0.05) is 22.2 Å². The van der Waals surface area contributed by atoms with Crippen molar-refractivity contribution in [3.63, 3.8) is 0 Å². The molecule has 0 spiro atoms. The number of nitro groups is 1. The van der Waals surface area contributed by atoms with Gasteiger partial charge >= 0.3 is 0 Å². The van der Waals surface area contributed by atoms with Gasteiger partial charge in [0.2, 0.25) is 0 Å². The van der Waals surface area contributed by atoms with E-state index in [1.165, 1.54) is 17.1 Å². The Kier molecular flexibility index (Phi) is 4.85. The van der Waals surface area contributed by atoms with Crippen molar-refractivity contribution in [1.29, 1.82) is 0 Å². The van der Waals surface area contributed by atoms with E-state index >= 15 is 0 Å². The number of anilines is 1. The van der Waals surface area contributed by atoms with Crippen molar-refractivity contribution >= 4 is 45.0 Å². The van der Waals surface area contributed by atoms with E-state index in [0.29, 0.717) is 34.1 Å². The molecule has 0 saturated heterocycles. The quantitative estimate of drug-likeness (QED) is 0.300. The van der Waals surface area contributed by atoms with E-state index in [2.05, 4.69) is 21.0 Å². The van der Waals surface area contributed by atoms with Crippen LogP contribution in [0.2, 0.25) is 0 Å². The van der Waals surface area contributed by atoms with Crippen LogP contribution in [0.15, 0.2) is 80.2 Å². The topological polar surface area (TPSA) is 89.0 Å². The van der Waals surface area contributed by atoms with Crippen LogP contribution < -0.4 is 5.01 Å². The van der Waals surface area contributed by atoms with Gasteiger partial charge in [0.1, 0.15) is 11.5 Å². The molecule has 0 aliphatic carbocycles. The third kappa shape index (κ3) is 3.74. The van der Waals surface area contributed by atoms with Crippen LogP contribution in [-0.4, -0.2) is 16.5 Å². The summed E-state index contributed by atoms with van der Waals surface area (Å²) in [4.78, 5) is 23.4. The summed E-state index contributed by atoms with van der Waals surface area (Å²) in [6.45, 7) is 1.76. The number of rotatable bonds is 4. The maximum atomic E-state index is 12.8. The van der Waals surface area contributed by atoms with E-state index in [1.807, 2.05) is 18.2 Å². The predicted molar refractivity (Wildman–Crippen MR) is 114 cm³/mol. The number of nitro benzene ring substituents is 1. The van der Waals surface area contributed by atoms with Crippen LogP contribution in [0.5, 0.6) is 0 Å². The molecule has 8 heteroatoms. The molecule has 3 aromatic rings. The molecule has 0 N–H and O–H groups in total. The molecule has 1 aromatic heterocycles. The summed E-state index contributed by atoms with van der Waals surface area (Å²) in [6.07, 6.45) is 1.63. The molecule has 1 aliphatic heterocycles. The fourth-order valence-corrected chi connectivity index (χ4v) is 3.35. The number of carbonyl (C=O) groups is 1. The maximum Gasteiger partial charge on any atom is 0.280 e. The van der Waals surface area contributed by atoms with Gasteiger partial charge in [-0.25, -0.2) is 0 Å². The monoisotopic (exact) mass is 451 g/mol. The molecule has 0 atom stereocenters. The van der Waals surface area contributed by atoms with Gasteiger partial charge in [-0.1, -0.05) is 34.1 Å². The summed E-state index contributed by atoms with van der Waals surface area (Å²) in [5.74, 6) is 0.679. The van der Waals surface area contributed by atoms with Gasteiger partial charge in [-0.15, -0.1) is 0 Å². The molecular formula is C21H14BrN3O4. The van der Waals surface area contributed by atoms with Crippen molar-refractivity contribution in [2.45, 2.75) is 6.92 Å². The zero-order valence-corrected chi connectivity index (χ0v) is 16.8. The highest BCUT2D eigenvalue weighted by molar-refractivity contribution is 9.10. The molecule has 0 radical (unpaired) electrons. The second kappa shape index (κ2) is 7.48. The Morgan fingerprint density at radius 2 is 1.93 bits per heavy atom. The fourth-order valence-electron chi connectivity index (χ4n) is 2.97. The van der Waals surface area contributed by atoms with Gasteiger partial charge in [0.15, 0.2) is 0 Å². The molecule has 0 saturated carbocycles. The summed E-state index contributed by atoms with van der Waals surface area (Å²) < 4.78 is 6.64. The van der Waals surface area contributed by atoms with E-state index in [0.717, 1.165) is 4.47 Å². The number of hydrogen-bond acceptors (Lipinski definition) is 5. The first-order valence-electron chi connectivity index (χ1n) is 8.64. The normalized spacial score (nSPS) is 15.1. The lowest BCUT2D eigenvalue weighted by atomic mass is 10.1. The lowest BCUT2D eigenvalue weighted by molar-refractivity contribution is -0.384. The molecule has 144 valence electrons. The van der Waals surface area contributed by atoms with Crippen LogP contribution in [0.3, 0.4) is 0 Å². The van der Waals surface area contributed by atoms with Crippen LogP contribution >= 0.6 is 15.9 Å². The average molecular weight is 452 g/mol. The van der Waals surface area contributed by atoms with Gasteiger partial charge in [0.25, 0.3) is 11.6 Å². The van der Waals surface area contributed by atoms with E-state index in [1.54, 1.807) is 43.3 Å². The number of hydrogen-bond donors (Lipinski definition) is 0. The van der Waals surface area contributed by atoms with Crippen molar-refractivity contribution in [3.8, 4) is 11.3 Å². The number of nitrogens with zero attached hydrogens (tertiary/aromatic N) is 3. The Morgan fingerprint density at radius 1 is 1.14 bits per heavy atom. The second-order valence-electron chi connectivity index (χ2n) is 6.35. The number of carbonyl (C=O) groups excluding carboxylic acids is 1. The zero-order valence-electron chi connectivity index (χ0n) is 15.2. The molecule has 0 unspecified atom stereocenters. The third-order valence-corrected chi connectivity index (χ3v) is 4.86.